The number of rotatable bonds is 3. The van der Waals surface area contributed by atoms with E-state index in [1.807, 2.05) is 0 Å². The first kappa shape index (κ1) is 14.0. The van der Waals surface area contributed by atoms with E-state index < -0.39 is 21.7 Å². The predicted molar refractivity (Wildman–Crippen MR) is 67.6 cm³/mol. The highest BCUT2D eigenvalue weighted by Gasteiger charge is 2.24. The minimum Gasteiger partial charge on any atom is -0.349 e. The van der Waals surface area contributed by atoms with Gasteiger partial charge in [0.05, 0.1) is 10.5 Å². The largest absolute Gasteiger partial charge is 0.349 e. The van der Waals surface area contributed by atoms with Crippen molar-refractivity contribution in [3.05, 3.63) is 29.1 Å². The Bertz CT molecular complexity index is 624. The summed E-state index contributed by atoms with van der Waals surface area (Å²) in [6, 6.07) is 2.05. The SMILES string of the molecule is Cc1cc(F)c(C(=O)NC2CCC2)cc1S(N)(=O)=O. The summed E-state index contributed by atoms with van der Waals surface area (Å²) in [6.07, 6.45) is 2.76. The molecular formula is C12H15FN2O3S. The van der Waals surface area contributed by atoms with E-state index in [1.54, 1.807) is 0 Å². The topological polar surface area (TPSA) is 89.3 Å². The molecule has 5 nitrogen and oxygen atoms in total. The van der Waals surface area contributed by atoms with Crippen LogP contribution in [0.25, 0.3) is 0 Å². The summed E-state index contributed by atoms with van der Waals surface area (Å²) < 4.78 is 36.5. The lowest BCUT2D eigenvalue weighted by atomic mass is 9.93. The molecule has 1 amide bonds. The van der Waals surface area contributed by atoms with Crippen LogP contribution in [0.1, 0.15) is 35.2 Å². The van der Waals surface area contributed by atoms with Crippen LogP contribution in [0, 0.1) is 12.7 Å². The van der Waals surface area contributed by atoms with Crippen molar-refractivity contribution in [3.8, 4) is 0 Å². The average molecular weight is 286 g/mol. The van der Waals surface area contributed by atoms with Crippen molar-refractivity contribution in [2.24, 2.45) is 5.14 Å². The highest BCUT2D eigenvalue weighted by molar-refractivity contribution is 7.89. The molecule has 1 aliphatic rings. The molecule has 0 unspecified atom stereocenters. The number of nitrogens with one attached hydrogen (secondary N) is 1. The van der Waals surface area contributed by atoms with Crippen molar-refractivity contribution < 1.29 is 17.6 Å². The number of hydrogen-bond donors (Lipinski definition) is 2. The highest BCUT2D eigenvalue weighted by Crippen LogP contribution is 2.22. The van der Waals surface area contributed by atoms with E-state index in [4.69, 9.17) is 5.14 Å². The lowest BCUT2D eigenvalue weighted by Crippen LogP contribution is -2.39. The Balaban J connectivity index is 2.36. The molecule has 0 heterocycles. The van der Waals surface area contributed by atoms with Crippen molar-refractivity contribution in [2.45, 2.75) is 37.1 Å². The highest BCUT2D eigenvalue weighted by atomic mass is 32.2. The van der Waals surface area contributed by atoms with E-state index in [0.717, 1.165) is 31.4 Å². The fourth-order valence-electron chi connectivity index (χ4n) is 1.95. The maximum Gasteiger partial charge on any atom is 0.254 e. The van der Waals surface area contributed by atoms with Crippen molar-refractivity contribution in [3.63, 3.8) is 0 Å². The number of halogens is 1. The molecule has 104 valence electrons. The molecule has 0 saturated heterocycles. The van der Waals surface area contributed by atoms with E-state index in [0.29, 0.717) is 0 Å². The molecule has 1 fully saturated rings. The number of primary sulfonamides is 1. The summed E-state index contributed by atoms with van der Waals surface area (Å²) in [5.74, 6) is -1.35. The third-order valence-corrected chi connectivity index (χ3v) is 4.31. The molecule has 2 rings (SSSR count). The second kappa shape index (κ2) is 4.90. The maximum atomic E-state index is 13.7. The summed E-state index contributed by atoms with van der Waals surface area (Å²) in [5.41, 5.74) is -0.110. The van der Waals surface area contributed by atoms with Gasteiger partial charge in [-0.25, -0.2) is 17.9 Å². The average Bonchev–Trinajstić information content (AvgIpc) is 2.21. The van der Waals surface area contributed by atoms with E-state index in [2.05, 4.69) is 5.32 Å². The molecule has 19 heavy (non-hydrogen) atoms. The summed E-state index contributed by atoms with van der Waals surface area (Å²) >= 11 is 0. The van der Waals surface area contributed by atoms with Crippen LogP contribution in [0.5, 0.6) is 0 Å². The number of amides is 1. The summed E-state index contributed by atoms with van der Waals surface area (Å²) in [6.45, 7) is 1.43. The molecule has 0 aliphatic heterocycles. The lowest BCUT2D eigenvalue weighted by Gasteiger charge is -2.26. The molecule has 1 saturated carbocycles. The zero-order chi connectivity index (χ0) is 14.2. The molecule has 0 spiro atoms. The Kier molecular flexibility index (Phi) is 3.60. The van der Waals surface area contributed by atoms with Crippen molar-refractivity contribution in [1.82, 2.24) is 5.32 Å². The second-order valence-corrected chi connectivity index (χ2v) is 6.27. The zero-order valence-electron chi connectivity index (χ0n) is 10.4. The van der Waals surface area contributed by atoms with Gasteiger partial charge in [0.2, 0.25) is 10.0 Å². The second-order valence-electron chi connectivity index (χ2n) is 4.74. The number of carbonyl (C=O) groups is 1. The monoisotopic (exact) mass is 286 g/mol. The molecular weight excluding hydrogens is 271 g/mol. The van der Waals surface area contributed by atoms with Gasteiger partial charge >= 0.3 is 0 Å². The Labute approximate surface area is 111 Å². The minimum absolute atomic E-state index is 0.0473. The van der Waals surface area contributed by atoms with Crippen LogP contribution in [0.4, 0.5) is 4.39 Å². The number of nitrogens with two attached hydrogens (primary N) is 1. The number of hydrogen-bond acceptors (Lipinski definition) is 3. The first-order chi connectivity index (χ1) is 8.79. The van der Waals surface area contributed by atoms with E-state index in [9.17, 15) is 17.6 Å². The van der Waals surface area contributed by atoms with Gasteiger partial charge in [-0.2, -0.15) is 0 Å². The van der Waals surface area contributed by atoms with Gasteiger partial charge in [0, 0.05) is 6.04 Å². The molecule has 0 atom stereocenters. The van der Waals surface area contributed by atoms with Crippen molar-refractivity contribution in [2.75, 3.05) is 0 Å². The van der Waals surface area contributed by atoms with Crippen LogP contribution in [0.15, 0.2) is 17.0 Å². The van der Waals surface area contributed by atoms with Crippen LogP contribution >= 0.6 is 0 Å². The van der Waals surface area contributed by atoms with Gasteiger partial charge in [-0.3, -0.25) is 4.79 Å². The van der Waals surface area contributed by atoms with E-state index >= 15 is 0 Å². The third kappa shape index (κ3) is 2.93. The molecule has 0 aromatic heterocycles. The Morgan fingerprint density at radius 1 is 1.42 bits per heavy atom. The van der Waals surface area contributed by atoms with Gasteiger partial charge in [0.1, 0.15) is 5.82 Å². The van der Waals surface area contributed by atoms with E-state index in [1.165, 1.54) is 6.92 Å². The van der Waals surface area contributed by atoms with Gasteiger partial charge in [-0.1, -0.05) is 0 Å². The molecule has 1 aromatic rings. The Morgan fingerprint density at radius 3 is 2.53 bits per heavy atom. The van der Waals surface area contributed by atoms with Crippen LogP contribution < -0.4 is 10.5 Å². The van der Waals surface area contributed by atoms with Gasteiger partial charge in [0.15, 0.2) is 0 Å². The zero-order valence-corrected chi connectivity index (χ0v) is 11.3. The molecule has 3 N–H and O–H groups in total. The maximum absolute atomic E-state index is 13.7. The molecule has 7 heteroatoms. The first-order valence-electron chi connectivity index (χ1n) is 5.93. The normalized spacial score (nSPS) is 15.9. The van der Waals surface area contributed by atoms with Gasteiger partial charge < -0.3 is 5.32 Å². The van der Waals surface area contributed by atoms with Crippen LogP contribution in [-0.4, -0.2) is 20.4 Å². The number of carbonyl (C=O) groups excluding carboxylic acids is 1. The summed E-state index contributed by atoms with van der Waals surface area (Å²) in [4.78, 5) is 11.6. The fourth-order valence-corrected chi connectivity index (χ4v) is 2.74. The minimum atomic E-state index is -3.97. The number of benzene rings is 1. The predicted octanol–water partition coefficient (Wildman–Crippen LogP) is 1.06. The number of sulfonamides is 1. The molecule has 0 bridgehead atoms. The lowest BCUT2D eigenvalue weighted by molar-refractivity contribution is 0.0912. The Morgan fingerprint density at radius 2 is 2.05 bits per heavy atom. The van der Waals surface area contributed by atoms with Gasteiger partial charge in [-0.15, -0.1) is 0 Å². The number of aryl methyl sites for hydroxylation is 1. The quantitative estimate of drug-likeness (QED) is 0.870. The fraction of sp³-hybridized carbons (Fsp3) is 0.417. The Hall–Kier alpha value is -1.47. The van der Waals surface area contributed by atoms with Gasteiger partial charge in [-0.05, 0) is 43.9 Å². The first-order valence-corrected chi connectivity index (χ1v) is 7.47. The summed E-state index contributed by atoms with van der Waals surface area (Å²) in [5, 5.41) is 7.69. The van der Waals surface area contributed by atoms with Gasteiger partial charge in [0.25, 0.3) is 5.91 Å². The summed E-state index contributed by atoms with van der Waals surface area (Å²) in [7, 11) is -3.97. The smallest absolute Gasteiger partial charge is 0.254 e. The molecule has 1 aromatic carbocycles. The van der Waals surface area contributed by atoms with Crippen molar-refractivity contribution >= 4 is 15.9 Å². The van der Waals surface area contributed by atoms with Crippen LogP contribution in [0.3, 0.4) is 0 Å². The van der Waals surface area contributed by atoms with E-state index in [-0.39, 0.29) is 22.1 Å². The third-order valence-electron chi connectivity index (χ3n) is 3.26. The van der Waals surface area contributed by atoms with Crippen LogP contribution in [-0.2, 0) is 10.0 Å². The molecule has 0 radical (unpaired) electrons. The standard InChI is InChI=1S/C12H15FN2O3S/c1-7-5-10(13)9(6-11(7)19(14,17)18)12(16)15-8-3-2-4-8/h5-6,8H,2-4H2,1H3,(H,15,16)(H2,14,17,18). The molecule has 1 aliphatic carbocycles. The van der Waals surface area contributed by atoms with Crippen molar-refractivity contribution in [1.29, 1.82) is 0 Å². The van der Waals surface area contributed by atoms with Crippen LogP contribution in [0.2, 0.25) is 0 Å².